The van der Waals surface area contributed by atoms with Gasteiger partial charge in [0.25, 0.3) is 0 Å². The zero-order valence-electron chi connectivity index (χ0n) is 9.03. The molecule has 0 bridgehead atoms. The second-order valence-corrected chi connectivity index (χ2v) is 3.38. The first-order chi connectivity index (χ1) is 8.67. The van der Waals surface area contributed by atoms with Crippen LogP contribution >= 0.6 is 0 Å². The molecule has 0 fully saturated rings. The van der Waals surface area contributed by atoms with Crippen LogP contribution in [0.5, 0.6) is 5.75 Å². The normalized spacial score (nSPS) is 11.4. The molecule has 1 rings (SSSR count). The zero-order valence-corrected chi connectivity index (χ0v) is 9.03. The van der Waals surface area contributed by atoms with E-state index in [2.05, 4.69) is 0 Å². The van der Waals surface area contributed by atoms with Gasteiger partial charge in [0.1, 0.15) is 5.56 Å². The van der Waals surface area contributed by atoms with Gasteiger partial charge in [-0.25, -0.2) is 13.6 Å². The number of alkyl halides is 4. The Morgan fingerprint density at radius 3 is 2.32 bits per heavy atom. The number of carboxylic acid groups (broad SMARTS) is 1. The van der Waals surface area contributed by atoms with Gasteiger partial charge in [-0.3, -0.25) is 4.79 Å². The van der Waals surface area contributed by atoms with E-state index in [1.165, 1.54) is 5.32 Å². The monoisotopic (exact) mass is 281 g/mol. The van der Waals surface area contributed by atoms with Crippen molar-refractivity contribution in [3.05, 3.63) is 23.8 Å². The van der Waals surface area contributed by atoms with E-state index in [4.69, 9.17) is 5.11 Å². The molecule has 0 saturated heterocycles. The van der Waals surface area contributed by atoms with Gasteiger partial charge in [0.2, 0.25) is 0 Å². The first-order valence-electron chi connectivity index (χ1n) is 4.70. The number of benzene rings is 1. The number of phenols is 1. The second kappa shape index (κ2) is 5.12. The van der Waals surface area contributed by atoms with Gasteiger partial charge in [0, 0.05) is 0 Å². The van der Waals surface area contributed by atoms with E-state index in [1.807, 2.05) is 0 Å². The fourth-order valence-electron chi connectivity index (χ4n) is 1.12. The lowest BCUT2D eigenvalue weighted by Gasteiger charge is -2.15. The molecule has 104 valence electrons. The number of hydrogen-bond donors (Lipinski definition) is 3. The third-order valence-corrected chi connectivity index (χ3v) is 2.09. The van der Waals surface area contributed by atoms with Crippen molar-refractivity contribution in [3.63, 3.8) is 0 Å². The Bertz CT molecular complexity index is 518. The highest BCUT2D eigenvalue weighted by Gasteiger charge is 2.49. The summed E-state index contributed by atoms with van der Waals surface area (Å²) < 4.78 is 49.1. The fourth-order valence-corrected chi connectivity index (χ4v) is 1.12. The standard InChI is InChI=1S/C10H7F4NO4/c11-8(12)10(13,14)9(19)15-5-3-1-2-4(6(5)16)7(17)18/h1-3,8,16H,(H,15,19)(H,17,18). The molecule has 0 unspecified atom stereocenters. The maximum Gasteiger partial charge on any atom is 0.383 e. The quantitative estimate of drug-likeness (QED) is 0.581. The molecule has 0 radical (unpaired) electrons. The Morgan fingerprint density at radius 2 is 1.84 bits per heavy atom. The molecule has 19 heavy (non-hydrogen) atoms. The summed E-state index contributed by atoms with van der Waals surface area (Å²) in [6.45, 7) is 0. The molecule has 1 aromatic carbocycles. The van der Waals surface area contributed by atoms with Crippen LogP contribution in [0.15, 0.2) is 18.2 Å². The molecule has 9 heteroatoms. The smallest absolute Gasteiger partial charge is 0.383 e. The predicted molar refractivity (Wildman–Crippen MR) is 54.6 cm³/mol. The molecule has 0 aromatic heterocycles. The summed E-state index contributed by atoms with van der Waals surface area (Å²) in [4.78, 5) is 21.5. The molecular weight excluding hydrogens is 274 g/mol. The van der Waals surface area contributed by atoms with Crippen molar-refractivity contribution < 1.29 is 37.4 Å². The number of anilines is 1. The number of carbonyl (C=O) groups is 2. The molecule has 0 aliphatic heterocycles. The zero-order chi connectivity index (χ0) is 14.8. The number of carboxylic acids is 1. The van der Waals surface area contributed by atoms with Crippen molar-refractivity contribution in [2.24, 2.45) is 0 Å². The Balaban J connectivity index is 3.05. The minimum atomic E-state index is -4.95. The number of aromatic carboxylic acids is 1. The molecule has 3 N–H and O–H groups in total. The van der Waals surface area contributed by atoms with Crippen molar-refractivity contribution >= 4 is 17.6 Å². The van der Waals surface area contributed by atoms with E-state index < -0.39 is 41.2 Å². The summed E-state index contributed by atoms with van der Waals surface area (Å²) in [6, 6.07) is 2.87. The van der Waals surface area contributed by atoms with Gasteiger partial charge in [-0.1, -0.05) is 6.07 Å². The van der Waals surface area contributed by atoms with E-state index >= 15 is 0 Å². The number of aromatic hydroxyl groups is 1. The summed E-state index contributed by atoms with van der Waals surface area (Å²) in [6.07, 6.45) is -4.22. The molecule has 0 atom stereocenters. The molecule has 1 amide bonds. The number of amides is 1. The molecule has 0 aliphatic carbocycles. The first kappa shape index (κ1) is 14.7. The van der Waals surface area contributed by atoms with Gasteiger partial charge >= 0.3 is 24.2 Å². The minimum Gasteiger partial charge on any atom is -0.505 e. The van der Waals surface area contributed by atoms with Gasteiger partial charge in [-0.2, -0.15) is 8.78 Å². The SMILES string of the molecule is O=C(O)c1cccc(NC(=O)C(F)(F)C(F)F)c1O. The molecule has 5 nitrogen and oxygen atoms in total. The highest BCUT2D eigenvalue weighted by Crippen LogP contribution is 2.30. The van der Waals surface area contributed by atoms with Gasteiger partial charge < -0.3 is 15.5 Å². The van der Waals surface area contributed by atoms with Crippen LogP contribution in [0.3, 0.4) is 0 Å². The second-order valence-electron chi connectivity index (χ2n) is 3.38. The van der Waals surface area contributed by atoms with Crippen molar-refractivity contribution in [1.29, 1.82) is 0 Å². The average Bonchev–Trinajstić information content (AvgIpc) is 2.30. The van der Waals surface area contributed by atoms with Gasteiger partial charge in [-0.15, -0.1) is 0 Å². The van der Waals surface area contributed by atoms with Crippen LogP contribution in [0.2, 0.25) is 0 Å². The van der Waals surface area contributed by atoms with Crippen molar-refractivity contribution in [2.45, 2.75) is 12.3 Å². The average molecular weight is 281 g/mol. The Morgan fingerprint density at radius 1 is 1.26 bits per heavy atom. The summed E-state index contributed by atoms with van der Waals surface area (Å²) >= 11 is 0. The highest BCUT2D eigenvalue weighted by atomic mass is 19.3. The summed E-state index contributed by atoms with van der Waals surface area (Å²) in [5.41, 5.74) is -1.37. The van der Waals surface area contributed by atoms with E-state index in [-0.39, 0.29) is 0 Å². The van der Waals surface area contributed by atoms with E-state index in [0.717, 1.165) is 18.2 Å². The number of halogens is 4. The minimum absolute atomic E-state index is 0.668. The first-order valence-corrected chi connectivity index (χ1v) is 4.70. The number of carbonyl (C=O) groups excluding carboxylic acids is 1. The fraction of sp³-hybridized carbons (Fsp3) is 0.200. The third-order valence-electron chi connectivity index (χ3n) is 2.09. The topological polar surface area (TPSA) is 86.6 Å². The third kappa shape index (κ3) is 2.92. The summed E-state index contributed by atoms with van der Waals surface area (Å²) in [5, 5.41) is 19.4. The highest BCUT2D eigenvalue weighted by molar-refractivity contribution is 6.00. The Labute approximate surface area is 103 Å². The maximum atomic E-state index is 12.7. The van der Waals surface area contributed by atoms with Crippen LogP contribution in [0.1, 0.15) is 10.4 Å². The van der Waals surface area contributed by atoms with Crippen LogP contribution in [0.25, 0.3) is 0 Å². The predicted octanol–water partition coefficient (Wildman–Crippen LogP) is 1.93. The van der Waals surface area contributed by atoms with Crippen LogP contribution in [-0.4, -0.2) is 34.4 Å². The van der Waals surface area contributed by atoms with Gasteiger partial charge in [0.15, 0.2) is 5.75 Å². The molecule has 0 saturated carbocycles. The van der Waals surface area contributed by atoms with Crippen LogP contribution in [0, 0.1) is 0 Å². The largest absolute Gasteiger partial charge is 0.505 e. The number of nitrogens with one attached hydrogen (secondary N) is 1. The van der Waals surface area contributed by atoms with E-state index in [9.17, 15) is 32.3 Å². The summed E-state index contributed by atoms with van der Waals surface area (Å²) in [7, 11) is 0. The molecule has 1 aromatic rings. The van der Waals surface area contributed by atoms with Crippen LogP contribution in [0.4, 0.5) is 23.2 Å². The Kier molecular flexibility index (Phi) is 3.98. The lowest BCUT2D eigenvalue weighted by atomic mass is 10.1. The summed E-state index contributed by atoms with van der Waals surface area (Å²) in [5.74, 6) is -9.88. The number of hydrogen-bond acceptors (Lipinski definition) is 3. The molecule has 0 heterocycles. The Hall–Kier alpha value is -2.32. The van der Waals surface area contributed by atoms with Crippen molar-refractivity contribution in [2.75, 3.05) is 5.32 Å². The maximum absolute atomic E-state index is 12.7. The van der Waals surface area contributed by atoms with E-state index in [1.54, 1.807) is 0 Å². The van der Waals surface area contributed by atoms with Crippen molar-refractivity contribution in [3.8, 4) is 5.75 Å². The number of para-hydroxylation sites is 1. The van der Waals surface area contributed by atoms with Crippen molar-refractivity contribution in [1.82, 2.24) is 0 Å². The van der Waals surface area contributed by atoms with Crippen LogP contribution < -0.4 is 5.32 Å². The lowest BCUT2D eigenvalue weighted by Crippen LogP contribution is -2.41. The molecular formula is C10H7F4NO4. The number of rotatable bonds is 4. The van der Waals surface area contributed by atoms with Crippen LogP contribution in [-0.2, 0) is 4.79 Å². The molecule has 0 spiro atoms. The van der Waals surface area contributed by atoms with E-state index in [0.29, 0.717) is 0 Å². The van der Waals surface area contributed by atoms with Gasteiger partial charge in [0.05, 0.1) is 5.69 Å². The molecule has 0 aliphatic rings. The lowest BCUT2D eigenvalue weighted by molar-refractivity contribution is -0.163. The van der Waals surface area contributed by atoms with Gasteiger partial charge in [-0.05, 0) is 12.1 Å².